The van der Waals surface area contributed by atoms with Crippen LogP contribution in [0.15, 0.2) is 53.4 Å². The summed E-state index contributed by atoms with van der Waals surface area (Å²) in [5, 5.41) is 5.06. The number of hydrogen-bond acceptors (Lipinski definition) is 4. The number of carbonyl (C=O) groups excluding carboxylic acids is 2. The zero-order chi connectivity index (χ0) is 19.3. The molecule has 0 radical (unpaired) electrons. The zero-order valence-corrected chi connectivity index (χ0v) is 14.9. The Bertz CT molecular complexity index is 897. The molecule has 0 aliphatic heterocycles. The Balaban J connectivity index is 2.04. The van der Waals surface area contributed by atoms with Crippen molar-refractivity contribution in [2.24, 2.45) is 0 Å². The highest BCUT2D eigenvalue weighted by Gasteiger charge is 2.15. The van der Waals surface area contributed by atoms with Crippen LogP contribution < -0.4 is 15.4 Å². The van der Waals surface area contributed by atoms with Crippen molar-refractivity contribution in [3.63, 3.8) is 0 Å². The van der Waals surface area contributed by atoms with E-state index >= 15 is 0 Å². The zero-order valence-electron chi connectivity index (χ0n) is 14.1. The Morgan fingerprint density at radius 3 is 2.04 bits per heavy atom. The first-order valence-corrected chi connectivity index (χ1v) is 9.12. The average molecular weight is 379 g/mol. The van der Waals surface area contributed by atoms with Gasteiger partial charge in [-0.1, -0.05) is 0 Å². The maximum absolute atomic E-state index is 12.9. The summed E-state index contributed by atoms with van der Waals surface area (Å²) < 4.78 is 39.7. The minimum Gasteiger partial charge on any atom is -0.345 e. The number of amides is 2. The van der Waals surface area contributed by atoms with Gasteiger partial charge in [0.25, 0.3) is 10.0 Å². The van der Waals surface area contributed by atoms with Gasteiger partial charge < -0.3 is 10.6 Å². The van der Waals surface area contributed by atoms with Gasteiger partial charge >= 0.3 is 0 Å². The van der Waals surface area contributed by atoms with Crippen molar-refractivity contribution in [3.05, 3.63) is 54.3 Å². The summed E-state index contributed by atoms with van der Waals surface area (Å²) in [6.07, 6.45) is 0. The highest BCUT2D eigenvalue weighted by molar-refractivity contribution is 7.92. The van der Waals surface area contributed by atoms with Crippen molar-refractivity contribution in [3.8, 4) is 0 Å². The van der Waals surface area contributed by atoms with Crippen LogP contribution in [0.4, 0.5) is 15.8 Å². The van der Waals surface area contributed by atoms with Crippen LogP contribution in [0.1, 0.15) is 13.8 Å². The molecule has 2 amide bonds. The van der Waals surface area contributed by atoms with Crippen LogP contribution in [0, 0.1) is 5.82 Å². The lowest BCUT2D eigenvalue weighted by atomic mass is 10.2. The molecule has 0 aliphatic carbocycles. The fraction of sp³-hybridized carbons (Fsp3) is 0.176. The van der Waals surface area contributed by atoms with Gasteiger partial charge in [0, 0.05) is 18.3 Å². The lowest BCUT2D eigenvalue weighted by Crippen LogP contribution is -2.40. The molecule has 2 aromatic rings. The SMILES string of the molecule is CC(=O)NC(C)C(=O)Nc1ccc(NS(=O)(=O)c2ccc(F)cc2)cc1. The molecule has 0 fully saturated rings. The van der Waals surface area contributed by atoms with Gasteiger partial charge in [0.2, 0.25) is 11.8 Å². The minimum atomic E-state index is -3.84. The molecule has 9 heteroatoms. The van der Waals surface area contributed by atoms with E-state index in [-0.39, 0.29) is 16.5 Å². The predicted molar refractivity (Wildman–Crippen MR) is 95.6 cm³/mol. The van der Waals surface area contributed by atoms with Gasteiger partial charge in [-0.3, -0.25) is 14.3 Å². The Labute approximate surface area is 150 Å². The lowest BCUT2D eigenvalue weighted by molar-refractivity contribution is -0.124. The van der Waals surface area contributed by atoms with Crippen LogP contribution in [0.2, 0.25) is 0 Å². The van der Waals surface area contributed by atoms with E-state index in [0.29, 0.717) is 5.69 Å². The second-order valence-corrected chi connectivity index (χ2v) is 7.23. The molecule has 2 rings (SSSR count). The molecule has 0 saturated carbocycles. The molecule has 3 N–H and O–H groups in total. The number of hydrogen-bond donors (Lipinski definition) is 3. The largest absolute Gasteiger partial charge is 0.345 e. The molecule has 7 nitrogen and oxygen atoms in total. The van der Waals surface area contributed by atoms with Crippen LogP contribution in [0.5, 0.6) is 0 Å². The Kier molecular flexibility index (Phi) is 5.93. The first kappa shape index (κ1) is 19.4. The standard InChI is InChI=1S/C17H18FN3O4S/c1-11(19-12(2)22)17(23)20-14-5-7-15(8-6-14)21-26(24,25)16-9-3-13(18)4-10-16/h3-11,21H,1-2H3,(H,19,22)(H,20,23). The molecule has 0 aromatic heterocycles. The van der Waals surface area contributed by atoms with Gasteiger partial charge in [-0.05, 0) is 55.5 Å². The second kappa shape index (κ2) is 7.96. The summed E-state index contributed by atoms with van der Waals surface area (Å²) in [5.74, 6) is -1.25. The number of halogens is 1. The number of carbonyl (C=O) groups is 2. The third-order valence-corrected chi connectivity index (χ3v) is 4.74. The predicted octanol–water partition coefficient (Wildman–Crippen LogP) is 2.09. The third kappa shape index (κ3) is 5.28. The molecule has 1 atom stereocenters. The van der Waals surface area contributed by atoms with Crippen molar-refractivity contribution in [1.29, 1.82) is 0 Å². The number of rotatable bonds is 6. The Hall–Kier alpha value is -2.94. The van der Waals surface area contributed by atoms with E-state index in [1.165, 1.54) is 31.2 Å². The molecule has 0 spiro atoms. The molecule has 0 saturated heterocycles. The number of anilines is 2. The van der Waals surface area contributed by atoms with Gasteiger partial charge in [0.15, 0.2) is 0 Å². The van der Waals surface area contributed by atoms with Gasteiger partial charge in [0.1, 0.15) is 11.9 Å². The van der Waals surface area contributed by atoms with Crippen molar-refractivity contribution >= 4 is 33.2 Å². The van der Waals surface area contributed by atoms with Crippen molar-refractivity contribution in [2.75, 3.05) is 10.0 Å². The summed E-state index contributed by atoms with van der Waals surface area (Å²) in [5.41, 5.74) is 0.721. The number of sulfonamides is 1. The quantitative estimate of drug-likeness (QED) is 0.715. The molecular formula is C17H18FN3O4S. The molecule has 0 heterocycles. The molecule has 2 aromatic carbocycles. The summed E-state index contributed by atoms with van der Waals surface area (Å²) in [4.78, 5) is 22.8. The van der Waals surface area contributed by atoms with Crippen LogP contribution in [-0.2, 0) is 19.6 Å². The minimum absolute atomic E-state index is 0.0691. The second-order valence-electron chi connectivity index (χ2n) is 5.55. The first-order valence-electron chi connectivity index (χ1n) is 7.64. The maximum atomic E-state index is 12.9. The highest BCUT2D eigenvalue weighted by atomic mass is 32.2. The van der Waals surface area contributed by atoms with E-state index < -0.39 is 27.8 Å². The lowest BCUT2D eigenvalue weighted by Gasteiger charge is -2.13. The van der Waals surface area contributed by atoms with Crippen LogP contribution in [0.3, 0.4) is 0 Å². The molecule has 138 valence electrons. The third-order valence-electron chi connectivity index (χ3n) is 3.34. The average Bonchev–Trinajstić information content (AvgIpc) is 2.56. The summed E-state index contributed by atoms with van der Waals surface area (Å²) in [6.45, 7) is 2.85. The first-order chi connectivity index (χ1) is 12.2. The number of nitrogens with one attached hydrogen (secondary N) is 3. The van der Waals surface area contributed by atoms with Crippen LogP contribution in [-0.4, -0.2) is 26.3 Å². The fourth-order valence-electron chi connectivity index (χ4n) is 2.07. The van der Waals surface area contributed by atoms with Crippen molar-refractivity contribution in [2.45, 2.75) is 24.8 Å². The molecule has 0 aliphatic rings. The van der Waals surface area contributed by atoms with E-state index in [1.54, 1.807) is 6.92 Å². The normalized spacial score (nSPS) is 12.1. The molecular weight excluding hydrogens is 361 g/mol. The van der Waals surface area contributed by atoms with Crippen molar-refractivity contribution in [1.82, 2.24) is 5.32 Å². The summed E-state index contributed by atoms with van der Waals surface area (Å²) >= 11 is 0. The van der Waals surface area contributed by atoms with Gasteiger partial charge in [-0.2, -0.15) is 0 Å². The van der Waals surface area contributed by atoms with Gasteiger partial charge in [0.05, 0.1) is 4.90 Å². The Morgan fingerprint density at radius 2 is 1.50 bits per heavy atom. The summed E-state index contributed by atoms with van der Waals surface area (Å²) in [6, 6.07) is 9.71. The smallest absolute Gasteiger partial charge is 0.261 e. The topological polar surface area (TPSA) is 104 Å². The number of benzene rings is 2. The monoisotopic (exact) mass is 379 g/mol. The van der Waals surface area contributed by atoms with E-state index in [0.717, 1.165) is 24.3 Å². The van der Waals surface area contributed by atoms with Crippen molar-refractivity contribution < 1.29 is 22.4 Å². The molecule has 0 bridgehead atoms. The highest BCUT2D eigenvalue weighted by Crippen LogP contribution is 2.18. The van der Waals surface area contributed by atoms with E-state index in [1.807, 2.05) is 0 Å². The maximum Gasteiger partial charge on any atom is 0.261 e. The summed E-state index contributed by atoms with van der Waals surface area (Å²) in [7, 11) is -3.84. The van der Waals surface area contributed by atoms with Crippen LogP contribution >= 0.6 is 0 Å². The van der Waals surface area contributed by atoms with Gasteiger partial charge in [-0.25, -0.2) is 12.8 Å². The van der Waals surface area contributed by atoms with Crippen LogP contribution in [0.25, 0.3) is 0 Å². The Morgan fingerprint density at radius 1 is 0.962 bits per heavy atom. The van der Waals surface area contributed by atoms with E-state index in [4.69, 9.17) is 0 Å². The fourth-order valence-corrected chi connectivity index (χ4v) is 3.13. The molecule has 26 heavy (non-hydrogen) atoms. The van der Waals surface area contributed by atoms with Gasteiger partial charge in [-0.15, -0.1) is 0 Å². The van der Waals surface area contributed by atoms with E-state index in [2.05, 4.69) is 15.4 Å². The van der Waals surface area contributed by atoms with E-state index in [9.17, 15) is 22.4 Å². The molecule has 1 unspecified atom stereocenters.